The van der Waals surface area contributed by atoms with E-state index in [9.17, 15) is 8.42 Å². The molecule has 0 radical (unpaired) electrons. The molecule has 0 bridgehead atoms. The standard InChI is InChI=1S/C11H19N3O4S/c1-7-11(8(2)13-12-7)19(15,16)14-9-4-5-18-6-10(9)17-3/h9-10,14H,4-6H2,1-3H3,(H,12,13)/t9-,10-/m0/s1. The average Bonchev–Trinajstić information content (AvgIpc) is 2.70. The summed E-state index contributed by atoms with van der Waals surface area (Å²) >= 11 is 0. The van der Waals surface area contributed by atoms with Crippen molar-refractivity contribution in [2.24, 2.45) is 0 Å². The molecule has 1 aliphatic heterocycles. The summed E-state index contributed by atoms with van der Waals surface area (Å²) in [4.78, 5) is 0.217. The number of hydrogen-bond acceptors (Lipinski definition) is 5. The summed E-state index contributed by atoms with van der Waals surface area (Å²) in [5.74, 6) is 0. The van der Waals surface area contributed by atoms with Gasteiger partial charge >= 0.3 is 0 Å². The second-order valence-corrected chi connectivity index (χ2v) is 6.28. The van der Waals surface area contributed by atoms with Crippen molar-refractivity contribution in [2.45, 2.75) is 37.3 Å². The van der Waals surface area contributed by atoms with Gasteiger partial charge in [0.05, 0.1) is 30.1 Å². The lowest BCUT2D eigenvalue weighted by Gasteiger charge is -2.30. The summed E-state index contributed by atoms with van der Waals surface area (Å²) < 4.78 is 38.0. The van der Waals surface area contributed by atoms with Crippen LogP contribution in [0.25, 0.3) is 0 Å². The Morgan fingerprint density at radius 1 is 1.47 bits per heavy atom. The monoisotopic (exact) mass is 289 g/mol. The Labute approximate surface area is 112 Å². The van der Waals surface area contributed by atoms with Crippen LogP contribution in [0.2, 0.25) is 0 Å². The van der Waals surface area contributed by atoms with E-state index in [0.29, 0.717) is 31.0 Å². The van der Waals surface area contributed by atoms with Crippen LogP contribution in [-0.2, 0) is 19.5 Å². The van der Waals surface area contributed by atoms with Crippen LogP contribution in [0.4, 0.5) is 0 Å². The van der Waals surface area contributed by atoms with Crippen molar-refractivity contribution >= 4 is 10.0 Å². The zero-order valence-electron chi connectivity index (χ0n) is 11.3. The number of H-pyrrole nitrogens is 1. The molecule has 2 N–H and O–H groups in total. The largest absolute Gasteiger partial charge is 0.379 e. The number of nitrogens with one attached hydrogen (secondary N) is 2. The Bertz CT molecular complexity index is 521. The van der Waals surface area contributed by atoms with E-state index in [1.807, 2.05) is 0 Å². The molecule has 1 aliphatic rings. The van der Waals surface area contributed by atoms with E-state index in [0.717, 1.165) is 0 Å². The molecule has 2 heterocycles. The SMILES string of the molecule is CO[C@H]1COCC[C@@H]1NS(=O)(=O)c1c(C)n[nH]c1C. The van der Waals surface area contributed by atoms with Crippen molar-refractivity contribution < 1.29 is 17.9 Å². The average molecular weight is 289 g/mol. The second kappa shape index (κ2) is 5.58. The Balaban J connectivity index is 2.21. The summed E-state index contributed by atoms with van der Waals surface area (Å²) in [5, 5.41) is 6.59. The molecular weight excluding hydrogens is 270 g/mol. The molecule has 0 aromatic carbocycles. The fourth-order valence-electron chi connectivity index (χ4n) is 2.27. The van der Waals surface area contributed by atoms with Gasteiger partial charge in [-0.25, -0.2) is 13.1 Å². The van der Waals surface area contributed by atoms with E-state index in [-0.39, 0.29) is 17.0 Å². The van der Waals surface area contributed by atoms with Gasteiger partial charge < -0.3 is 9.47 Å². The maximum absolute atomic E-state index is 12.4. The van der Waals surface area contributed by atoms with Crippen LogP contribution in [0, 0.1) is 13.8 Å². The highest BCUT2D eigenvalue weighted by Crippen LogP contribution is 2.19. The van der Waals surface area contributed by atoms with Gasteiger partial charge in [0.1, 0.15) is 4.90 Å². The minimum absolute atomic E-state index is 0.217. The van der Waals surface area contributed by atoms with Crippen LogP contribution in [0.15, 0.2) is 4.90 Å². The zero-order valence-corrected chi connectivity index (χ0v) is 12.1. The highest BCUT2D eigenvalue weighted by Gasteiger charge is 2.32. The lowest BCUT2D eigenvalue weighted by molar-refractivity contribution is -0.0448. The molecule has 0 aliphatic carbocycles. The molecule has 2 rings (SSSR count). The molecular formula is C11H19N3O4S. The molecule has 1 saturated heterocycles. The summed E-state index contributed by atoms with van der Waals surface area (Å²) in [6.45, 7) is 4.27. The minimum Gasteiger partial charge on any atom is -0.379 e. The predicted molar refractivity (Wildman–Crippen MR) is 68.4 cm³/mol. The highest BCUT2D eigenvalue weighted by atomic mass is 32.2. The summed E-state index contributed by atoms with van der Waals surface area (Å²) in [5.41, 5.74) is 0.997. The molecule has 0 unspecified atom stereocenters. The number of methoxy groups -OCH3 is 1. The van der Waals surface area contributed by atoms with Crippen molar-refractivity contribution in [1.82, 2.24) is 14.9 Å². The molecule has 1 fully saturated rings. The van der Waals surface area contributed by atoms with Crippen LogP contribution in [-0.4, -0.2) is 51.1 Å². The third-order valence-electron chi connectivity index (χ3n) is 3.24. The number of aryl methyl sites for hydroxylation is 2. The Morgan fingerprint density at radius 3 is 2.79 bits per heavy atom. The summed E-state index contributed by atoms with van der Waals surface area (Å²) in [6, 6.07) is -0.280. The van der Waals surface area contributed by atoms with Gasteiger partial charge in [-0.15, -0.1) is 0 Å². The van der Waals surface area contributed by atoms with Crippen molar-refractivity contribution in [3.05, 3.63) is 11.4 Å². The number of rotatable bonds is 4. The topological polar surface area (TPSA) is 93.3 Å². The van der Waals surface area contributed by atoms with Gasteiger partial charge in [-0.05, 0) is 20.3 Å². The molecule has 7 nitrogen and oxygen atoms in total. The van der Waals surface area contributed by atoms with E-state index in [4.69, 9.17) is 9.47 Å². The molecule has 1 aromatic rings. The maximum atomic E-state index is 12.4. The Morgan fingerprint density at radius 2 is 2.21 bits per heavy atom. The number of ether oxygens (including phenoxy) is 2. The smallest absolute Gasteiger partial charge is 0.244 e. The van der Waals surface area contributed by atoms with Crippen molar-refractivity contribution in [2.75, 3.05) is 20.3 Å². The van der Waals surface area contributed by atoms with Crippen molar-refractivity contribution in [1.29, 1.82) is 0 Å². The number of aromatic nitrogens is 2. The number of nitrogens with zero attached hydrogens (tertiary/aromatic N) is 1. The highest BCUT2D eigenvalue weighted by molar-refractivity contribution is 7.89. The van der Waals surface area contributed by atoms with E-state index >= 15 is 0 Å². The maximum Gasteiger partial charge on any atom is 0.244 e. The summed E-state index contributed by atoms with van der Waals surface area (Å²) in [6.07, 6.45) is 0.323. The third-order valence-corrected chi connectivity index (χ3v) is 4.99. The van der Waals surface area contributed by atoms with Crippen LogP contribution in [0.3, 0.4) is 0 Å². The minimum atomic E-state index is -3.60. The second-order valence-electron chi connectivity index (χ2n) is 4.63. The molecule has 2 atom stereocenters. The van der Waals surface area contributed by atoms with Crippen molar-refractivity contribution in [3.8, 4) is 0 Å². The molecule has 0 spiro atoms. The van der Waals surface area contributed by atoms with Gasteiger partial charge in [-0.3, -0.25) is 5.10 Å². The number of hydrogen-bond donors (Lipinski definition) is 2. The summed E-state index contributed by atoms with van der Waals surface area (Å²) in [7, 11) is -2.05. The van der Waals surface area contributed by atoms with Gasteiger partial charge in [-0.1, -0.05) is 0 Å². The van der Waals surface area contributed by atoms with Gasteiger partial charge in [0, 0.05) is 13.7 Å². The lowest BCUT2D eigenvalue weighted by atomic mass is 10.1. The molecule has 0 saturated carbocycles. The van der Waals surface area contributed by atoms with Crippen LogP contribution < -0.4 is 4.72 Å². The van der Waals surface area contributed by atoms with Crippen LogP contribution >= 0.6 is 0 Å². The lowest BCUT2D eigenvalue weighted by Crippen LogP contribution is -2.49. The van der Waals surface area contributed by atoms with Gasteiger partial charge in [0.15, 0.2) is 0 Å². The van der Waals surface area contributed by atoms with Gasteiger partial charge in [0.25, 0.3) is 0 Å². The van der Waals surface area contributed by atoms with Gasteiger partial charge in [0.2, 0.25) is 10.0 Å². The van der Waals surface area contributed by atoms with Crippen LogP contribution in [0.1, 0.15) is 17.8 Å². The number of sulfonamides is 1. The fraction of sp³-hybridized carbons (Fsp3) is 0.727. The first-order valence-corrected chi connectivity index (χ1v) is 7.58. The number of aromatic amines is 1. The molecule has 1 aromatic heterocycles. The fourth-order valence-corrected chi connectivity index (χ4v) is 3.94. The Hall–Kier alpha value is -0.960. The quantitative estimate of drug-likeness (QED) is 0.820. The predicted octanol–water partition coefficient (Wildman–Crippen LogP) is 0.109. The van der Waals surface area contributed by atoms with Gasteiger partial charge in [-0.2, -0.15) is 5.10 Å². The molecule has 108 valence electrons. The van der Waals surface area contributed by atoms with E-state index in [2.05, 4.69) is 14.9 Å². The van der Waals surface area contributed by atoms with Crippen molar-refractivity contribution in [3.63, 3.8) is 0 Å². The first-order chi connectivity index (χ1) is 8.95. The first kappa shape index (κ1) is 14.4. The zero-order chi connectivity index (χ0) is 14.0. The molecule has 8 heteroatoms. The third kappa shape index (κ3) is 2.97. The van der Waals surface area contributed by atoms with E-state index in [1.54, 1.807) is 21.0 Å². The Kier molecular flexibility index (Phi) is 4.24. The first-order valence-electron chi connectivity index (χ1n) is 6.10. The molecule has 19 heavy (non-hydrogen) atoms. The van der Waals surface area contributed by atoms with E-state index in [1.165, 1.54) is 0 Å². The molecule has 0 amide bonds. The normalized spacial score (nSPS) is 24.6. The van der Waals surface area contributed by atoms with E-state index < -0.39 is 10.0 Å². The van der Waals surface area contributed by atoms with Crippen LogP contribution in [0.5, 0.6) is 0 Å².